The van der Waals surface area contributed by atoms with Gasteiger partial charge >= 0.3 is 0 Å². The van der Waals surface area contributed by atoms with Crippen LogP contribution in [0.4, 0.5) is 5.69 Å². The van der Waals surface area contributed by atoms with Crippen molar-refractivity contribution in [3.63, 3.8) is 0 Å². The van der Waals surface area contributed by atoms with Crippen LogP contribution in [0.5, 0.6) is 5.75 Å². The molecule has 0 heterocycles. The highest BCUT2D eigenvalue weighted by molar-refractivity contribution is 9.10. The van der Waals surface area contributed by atoms with Crippen LogP contribution in [0.25, 0.3) is 0 Å². The number of sulfonamides is 1. The van der Waals surface area contributed by atoms with Gasteiger partial charge in [-0.3, -0.25) is 13.9 Å². The first-order chi connectivity index (χ1) is 16.4. The van der Waals surface area contributed by atoms with Crippen molar-refractivity contribution < 1.29 is 22.7 Å². The second kappa shape index (κ2) is 12.9. The largest absolute Gasteiger partial charge is 0.495 e. The number of halogens is 1. The summed E-state index contributed by atoms with van der Waals surface area (Å²) in [6.45, 7) is 5.78. The Morgan fingerprint density at radius 3 is 2.37 bits per heavy atom. The van der Waals surface area contributed by atoms with Gasteiger partial charge in [0.1, 0.15) is 11.8 Å². The van der Waals surface area contributed by atoms with Crippen LogP contribution in [0.3, 0.4) is 0 Å². The second-order valence-corrected chi connectivity index (χ2v) is 11.4. The van der Waals surface area contributed by atoms with Crippen LogP contribution in [0.1, 0.15) is 39.2 Å². The van der Waals surface area contributed by atoms with E-state index in [1.807, 2.05) is 38.1 Å². The van der Waals surface area contributed by atoms with Crippen LogP contribution >= 0.6 is 15.9 Å². The first kappa shape index (κ1) is 28.6. The van der Waals surface area contributed by atoms with Gasteiger partial charge in [0.25, 0.3) is 0 Å². The number of anilines is 1. The Hall–Kier alpha value is -2.59. The molecule has 0 aliphatic carbocycles. The van der Waals surface area contributed by atoms with E-state index in [4.69, 9.17) is 4.74 Å². The molecule has 0 aliphatic heterocycles. The molecule has 2 aromatic carbocycles. The number of para-hydroxylation sites is 2. The standard InChI is InChI=1S/C25H34BrN3O5S/c1-18(2)27-25(31)19(3)28(17-20-10-8-11-21(26)16-20)24(30)14-9-15-29(35(5,32)33)22-12-6-7-13-23(22)34-4/h6-8,10-13,16,18-19H,9,14-15,17H2,1-5H3,(H,27,31). The van der Waals surface area contributed by atoms with E-state index in [9.17, 15) is 18.0 Å². The van der Waals surface area contributed by atoms with E-state index >= 15 is 0 Å². The predicted octanol–water partition coefficient (Wildman–Crippen LogP) is 3.95. The van der Waals surface area contributed by atoms with Crippen molar-refractivity contribution in [2.45, 2.75) is 52.2 Å². The Balaban J connectivity index is 2.20. The third-order valence-corrected chi connectivity index (χ3v) is 7.02. The number of benzene rings is 2. The van der Waals surface area contributed by atoms with Crippen LogP contribution in [0.15, 0.2) is 53.0 Å². The Bertz CT molecular complexity index is 1120. The molecule has 0 saturated carbocycles. The quantitative estimate of drug-likeness (QED) is 0.419. The summed E-state index contributed by atoms with van der Waals surface area (Å²) in [7, 11) is -2.13. The average Bonchev–Trinajstić information content (AvgIpc) is 2.78. The van der Waals surface area contributed by atoms with Gasteiger partial charge in [-0.25, -0.2) is 8.42 Å². The summed E-state index contributed by atoms with van der Waals surface area (Å²) in [6, 6.07) is 13.7. The first-order valence-electron chi connectivity index (χ1n) is 11.4. The number of hydrogen-bond acceptors (Lipinski definition) is 5. The third kappa shape index (κ3) is 8.54. The molecule has 0 saturated heterocycles. The zero-order valence-corrected chi connectivity index (χ0v) is 23.2. The van der Waals surface area contributed by atoms with E-state index in [2.05, 4.69) is 21.2 Å². The van der Waals surface area contributed by atoms with E-state index in [1.165, 1.54) is 16.3 Å². The number of carbonyl (C=O) groups excluding carboxylic acids is 2. The van der Waals surface area contributed by atoms with Gasteiger partial charge in [-0.05, 0) is 57.0 Å². The lowest BCUT2D eigenvalue weighted by molar-refractivity contribution is -0.140. The van der Waals surface area contributed by atoms with E-state index < -0.39 is 16.1 Å². The van der Waals surface area contributed by atoms with E-state index in [0.29, 0.717) is 11.4 Å². The average molecular weight is 569 g/mol. The number of rotatable bonds is 12. The minimum absolute atomic E-state index is 0.0584. The minimum atomic E-state index is -3.61. The second-order valence-electron chi connectivity index (χ2n) is 8.60. The van der Waals surface area contributed by atoms with Gasteiger partial charge in [0.05, 0.1) is 19.1 Å². The van der Waals surface area contributed by atoms with Gasteiger partial charge in [-0.15, -0.1) is 0 Å². The topological polar surface area (TPSA) is 96.0 Å². The van der Waals surface area contributed by atoms with Crippen molar-refractivity contribution in [3.05, 3.63) is 58.6 Å². The monoisotopic (exact) mass is 567 g/mol. The SMILES string of the molecule is COc1ccccc1N(CCCC(=O)N(Cc1cccc(Br)c1)C(C)C(=O)NC(C)C)S(C)(=O)=O. The number of methoxy groups -OCH3 is 1. The molecule has 0 radical (unpaired) electrons. The van der Waals surface area contributed by atoms with Crippen LogP contribution < -0.4 is 14.4 Å². The number of ether oxygens (including phenoxy) is 1. The van der Waals surface area contributed by atoms with Crippen molar-refractivity contribution in [3.8, 4) is 5.75 Å². The fourth-order valence-electron chi connectivity index (χ4n) is 3.64. The zero-order valence-electron chi connectivity index (χ0n) is 20.8. The van der Waals surface area contributed by atoms with Gasteiger partial charge in [0.15, 0.2) is 0 Å². The number of nitrogens with one attached hydrogen (secondary N) is 1. The van der Waals surface area contributed by atoms with Crippen molar-refractivity contribution >= 4 is 43.5 Å². The molecule has 0 aromatic heterocycles. The molecule has 0 bridgehead atoms. The summed E-state index contributed by atoms with van der Waals surface area (Å²) in [5.41, 5.74) is 1.30. The molecule has 0 aliphatic rings. The molecule has 0 spiro atoms. The summed E-state index contributed by atoms with van der Waals surface area (Å²) in [4.78, 5) is 27.5. The molecule has 1 atom stereocenters. The lowest BCUT2D eigenvalue weighted by Gasteiger charge is -2.30. The fourth-order valence-corrected chi connectivity index (χ4v) is 5.05. The lowest BCUT2D eigenvalue weighted by atomic mass is 10.1. The maximum absolute atomic E-state index is 13.3. The lowest BCUT2D eigenvalue weighted by Crippen LogP contribution is -2.49. The van der Waals surface area contributed by atoms with Crippen molar-refractivity contribution in [1.82, 2.24) is 10.2 Å². The van der Waals surface area contributed by atoms with Crippen LogP contribution in [-0.4, -0.2) is 57.1 Å². The van der Waals surface area contributed by atoms with Gasteiger partial charge in [0.2, 0.25) is 21.8 Å². The van der Waals surface area contributed by atoms with E-state index in [-0.39, 0.29) is 43.8 Å². The highest BCUT2D eigenvalue weighted by Gasteiger charge is 2.27. The molecule has 35 heavy (non-hydrogen) atoms. The van der Waals surface area contributed by atoms with Crippen molar-refractivity contribution in [1.29, 1.82) is 0 Å². The molecule has 192 valence electrons. The number of nitrogens with zero attached hydrogens (tertiary/aromatic N) is 2. The molecule has 1 unspecified atom stereocenters. The van der Waals surface area contributed by atoms with Gasteiger partial charge in [-0.2, -0.15) is 0 Å². The van der Waals surface area contributed by atoms with Crippen molar-refractivity contribution in [2.75, 3.05) is 24.2 Å². The molecule has 2 amide bonds. The molecule has 10 heteroatoms. The Morgan fingerprint density at radius 2 is 1.77 bits per heavy atom. The molecule has 0 fully saturated rings. The molecule has 8 nitrogen and oxygen atoms in total. The normalized spacial score (nSPS) is 12.2. The summed E-state index contributed by atoms with van der Waals surface area (Å²) >= 11 is 3.44. The Kier molecular flexibility index (Phi) is 10.6. The summed E-state index contributed by atoms with van der Waals surface area (Å²) < 4.78 is 32.4. The van der Waals surface area contributed by atoms with Crippen molar-refractivity contribution in [2.24, 2.45) is 0 Å². The Morgan fingerprint density at radius 1 is 1.09 bits per heavy atom. The zero-order chi connectivity index (χ0) is 26.2. The van der Waals surface area contributed by atoms with Gasteiger partial charge < -0.3 is 15.0 Å². The molecular formula is C25H34BrN3O5S. The van der Waals surface area contributed by atoms with Crippen LogP contribution in [0, 0.1) is 0 Å². The van der Waals surface area contributed by atoms with E-state index in [0.717, 1.165) is 16.3 Å². The third-order valence-electron chi connectivity index (χ3n) is 5.35. The van der Waals surface area contributed by atoms with Crippen LogP contribution in [0.2, 0.25) is 0 Å². The maximum Gasteiger partial charge on any atom is 0.242 e. The summed E-state index contributed by atoms with van der Waals surface area (Å²) in [6.07, 6.45) is 1.48. The molecular weight excluding hydrogens is 534 g/mol. The summed E-state index contributed by atoms with van der Waals surface area (Å²) in [5.74, 6) is -0.0421. The fraction of sp³-hybridized carbons (Fsp3) is 0.440. The molecule has 1 N–H and O–H groups in total. The van der Waals surface area contributed by atoms with E-state index in [1.54, 1.807) is 31.2 Å². The number of carbonyl (C=O) groups is 2. The highest BCUT2D eigenvalue weighted by atomic mass is 79.9. The Labute approximate surface area is 216 Å². The molecule has 2 rings (SSSR count). The number of hydrogen-bond donors (Lipinski definition) is 1. The smallest absolute Gasteiger partial charge is 0.242 e. The number of amides is 2. The summed E-state index contributed by atoms with van der Waals surface area (Å²) in [5, 5.41) is 2.86. The molecule has 2 aromatic rings. The highest BCUT2D eigenvalue weighted by Crippen LogP contribution is 2.29. The van der Waals surface area contributed by atoms with Gasteiger partial charge in [-0.1, -0.05) is 40.2 Å². The van der Waals surface area contributed by atoms with Gasteiger partial charge in [0, 0.05) is 30.0 Å². The maximum atomic E-state index is 13.3. The predicted molar refractivity (Wildman–Crippen MR) is 142 cm³/mol. The minimum Gasteiger partial charge on any atom is -0.495 e. The first-order valence-corrected chi connectivity index (χ1v) is 14.0. The van der Waals surface area contributed by atoms with Crippen LogP contribution in [-0.2, 0) is 26.2 Å².